The molecule has 0 amide bonds. The van der Waals surface area contributed by atoms with E-state index in [1.807, 2.05) is 0 Å². The van der Waals surface area contributed by atoms with Gasteiger partial charge in [0.25, 0.3) is 0 Å². The van der Waals surface area contributed by atoms with Crippen molar-refractivity contribution in [3.8, 4) is 0 Å². The first-order chi connectivity index (χ1) is 11.3. The highest BCUT2D eigenvalue weighted by Crippen LogP contribution is 2.10. The molecule has 2 heteroatoms. The number of hydrogen-bond acceptors (Lipinski definition) is 1. The van der Waals surface area contributed by atoms with Gasteiger partial charge >= 0.3 is 5.97 Å². The molecule has 0 fully saturated rings. The van der Waals surface area contributed by atoms with Crippen LogP contribution in [-0.4, -0.2) is 11.1 Å². The lowest BCUT2D eigenvalue weighted by Crippen LogP contribution is -1.92. The molecule has 23 heavy (non-hydrogen) atoms. The Morgan fingerprint density at radius 1 is 0.652 bits per heavy atom. The smallest absolute Gasteiger partial charge is 0.303 e. The Balaban J connectivity index is 3.11. The van der Waals surface area contributed by atoms with Crippen LogP contribution in [0.25, 0.3) is 0 Å². The highest BCUT2D eigenvalue weighted by molar-refractivity contribution is 5.66. The lowest BCUT2D eigenvalue weighted by atomic mass is 10.1. The Morgan fingerprint density at radius 3 is 1.48 bits per heavy atom. The molecule has 0 aromatic heterocycles. The van der Waals surface area contributed by atoms with Gasteiger partial charge in [-0.25, -0.2) is 0 Å². The highest BCUT2D eigenvalue weighted by Gasteiger charge is 1.93. The normalized spacial score (nSPS) is 11.7. The van der Waals surface area contributed by atoms with E-state index in [9.17, 15) is 4.79 Å². The van der Waals surface area contributed by atoms with Gasteiger partial charge in [0.05, 0.1) is 0 Å². The summed E-state index contributed by atoms with van der Waals surface area (Å²) in [5, 5.41) is 8.52. The highest BCUT2D eigenvalue weighted by atomic mass is 16.4. The molecule has 0 radical (unpaired) electrons. The Morgan fingerprint density at radius 2 is 1.04 bits per heavy atom. The quantitative estimate of drug-likeness (QED) is 0.230. The van der Waals surface area contributed by atoms with Gasteiger partial charge < -0.3 is 5.11 Å². The molecule has 0 saturated heterocycles. The van der Waals surface area contributed by atoms with Crippen LogP contribution in [0.4, 0.5) is 0 Å². The monoisotopic (exact) mass is 322 g/mol. The van der Waals surface area contributed by atoms with E-state index in [0.29, 0.717) is 6.42 Å². The third kappa shape index (κ3) is 21.0. The third-order valence-electron chi connectivity index (χ3n) is 4.06. The second-order valence-electron chi connectivity index (χ2n) is 6.42. The molecule has 0 aliphatic rings. The van der Waals surface area contributed by atoms with Gasteiger partial charge in [-0.2, -0.15) is 0 Å². The standard InChI is InChI=1S/C21H38O2/c1-2-3-4-5-6-7-8-9-10-11-12-13-14-15-16-17-18-19-20-21(22)23/h5-6,16-17H,2-4,7-15,18-20H2,1H3,(H,22,23)/b6-5-,17-16-. The van der Waals surface area contributed by atoms with Crippen LogP contribution < -0.4 is 0 Å². The van der Waals surface area contributed by atoms with Crippen molar-refractivity contribution in [1.82, 2.24) is 0 Å². The van der Waals surface area contributed by atoms with Crippen LogP contribution in [0.3, 0.4) is 0 Å². The number of carboxylic acids is 1. The van der Waals surface area contributed by atoms with E-state index >= 15 is 0 Å². The molecule has 0 atom stereocenters. The zero-order valence-corrected chi connectivity index (χ0v) is 15.3. The molecule has 1 N–H and O–H groups in total. The number of hydrogen-bond donors (Lipinski definition) is 1. The maximum Gasteiger partial charge on any atom is 0.303 e. The lowest BCUT2D eigenvalue weighted by molar-refractivity contribution is -0.137. The fourth-order valence-electron chi connectivity index (χ4n) is 2.57. The maximum atomic E-state index is 10.3. The minimum Gasteiger partial charge on any atom is -0.481 e. The van der Waals surface area contributed by atoms with Crippen molar-refractivity contribution in [3.05, 3.63) is 24.3 Å². The summed E-state index contributed by atoms with van der Waals surface area (Å²) in [6.45, 7) is 2.24. The minimum atomic E-state index is -0.689. The fraction of sp³-hybridized carbons (Fsp3) is 0.762. The van der Waals surface area contributed by atoms with Gasteiger partial charge in [0.1, 0.15) is 0 Å². The van der Waals surface area contributed by atoms with Crippen LogP contribution in [0.2, 0.25) is 0 Å². The number of unbranched alkanes of at least 4 members (excludes halogenated alkanes) is 11. The Kier molecular flexibility index (Phi) is 18.1. The van der Waals surface area contributed by atoms with Gasteiger partial charge in [-0.1, -0.05) is 76.2 Å². The number of carbonyl (C=O) groups is 1. The van der Waals surface area contributed by atoms with Gasteiger partial charge in [-0.05, 0) is 44.9 Å². The average Bonchev–Trinajstić information content (AvgIpc) is 2.53. The summed E-state index contributed by atoms with van der Waals surface area (Å²) in [7, 11) is 0. The van der Waals surface area contributed by atoms with E-state index in [1.165, 1.54) is 70.6 Å². The van der Waals surface area contributed by atoms with Crippen LogP contribution in [0.5, 0.6) is 0 Å². The van der Waals surface area contributed by atoms with Gasteiger partial charge in [-0.3, -0.25) is 4.79 Å². The predicted molar refractivity (Wildman–Crippen MR) is 101 cm³/mol. The second kappa shape index (κ2) is 19.0. The number of rotatable bonds is 17. The van der Waals surface area contributed by atoms with Crippen LogP contribution >= 0.6 is 0 Å². The molecule has 2 nitrogen and oxygen atoms in total. The van der Waals surface area contributed by atoms with Crippen molar-refractivity contribution >= 4 is 5.97 Å². The summed E-state index contributed by atoms with van der Waals surface area (Å²) in [5.74, 6) is -0.689. The lowest BCUT2D eigenvalue weighted by Gasteiger charge is -2.00. The summed E-state index contributed by atoms with van der Waals surface area (Å²) in [4.78, 5) is 10.3. The zero-order chi connectivity index (χ0) is 17.0. The topological polar surface area (TPSA) is 37.3 Å². The van der Waals surface area contributed by atoms with Crippen molar-refractivity contribution in [1.29, 1.82) is 0 Å². The molecular weight excluding hydrogens is 284 g/mol. The Bertz CT molecular complexity index is 305. The summed E-state index contributed by atoms with van der Waals surface area (Å²) >= 11 is 0. The molecule has 0 rings (SSSR count). The molecule has 0 spiro atoms. The van der Waals surface area contributed by atoms with Gasteiger partial charge in [0.2, 0.25) is 0 Å². The molecule has 0 aliphatic carbocycles. The molecule has 0 aromatic carbocycles. The summed E-state index contributed by atoms with van der Waals surface area (Å²) < 4.78 is 0. The largest absolute Gasteiger partial charge is 0.481 e. The third-order valence-corrected chi connectivity index (χ3v) is 4.06. The van der Waals surface area contributed by atoms with E-state index in [2.05, 4.69) is 31.2 Å². The number of allylic oxidation sites excluding steroid dienone is 4. The Hall–Kier alpha value is -1.05. The summed E-state index contributed by atoms with van der Waals surface area (Å²) in [6.07, 6.45) is 26.7. The first-order valence-electron chi connectivity index (χ1n) is 9.79. The van der Waals surface area contributed by atoms with E-state index in [0.717, 1.165) is 19.3 Å². The molecule has 0 aliphatic heterocycles. The fourth-order valence-corrected chi connectivity index (χ4v) is 2.57. The molecule has 0 aromatic rings. The molecular formula is C21H38O2. The van der Waals surface area contributed by atoms with E-state index in [4.69, 9.17) is 5.11 Å². The van der Waals surface area contributed by atoms with Crippen LogP contribution in [-0.2, 0) is 4.79 Å². The molecule has 134 valence electrons. The Labute approximate surface area is 144 Å². The van der Waals surface area contributed by atoms with E-state index < -0.39 is 5.97 Å². The molecule has 0 unspecified atom stereocenters. The van der Waals surface area contributed by atoms with Gasteiger partial charge in [0.15, 0.2) is 0 Å². The van der Waals surface area contributed by atoms with Crippen molar-refractivity contribution in [3.63, 3.8) is 0 Å². The first-order valence-corrected chi connectivity index (χ1v) is 9.79. The molecule has 0 saturated carbocycles. The molecule has 0 bridgehead atoms. The summed E-state index contributed by atoms with van der Waals surface area (Å²) in [6, 6.07) is 0. The number of carboxylic acid groups (broad SMARTS) is 1. The van der Waals surface area contributed by atoms with E-state index in [1.54, 1.807) is 0 Å². The minimum absolute atomic E-state index is 0.291. The maximum absolute atomic E-state index is 10.3. The van der Waals surface area contributed by atoms with Crippen LogP contribution in [0.1, 0.15) is 103 Å². The van der Waals surface area contributed by atoms with Crippen molar-refractivity contribution < 1.29 is 9.90 Å². The van der Waals surface area contributed by atoms with Crippen LogP contribution in [0, 0.1) is 0 Å². The first kappa shape index (κ1) is 21.9. The van der Waals surface area contributed by atoms with Crippen molar-refractivity contribution in [2.24, 2.45) is 0 Å². The van der Waals surface area contributed by atoms with Crippen molar-refractivity contribution in [2.45, 2.75) is 103 Å². The number of aliphatic carboxylic acids is 1. The predicted octanol–water partition coefficient (Wildman–Crippen LogP) is 7.05. The molecule has 0 heterocycles. The van der Waals surface area contributed by atoms with Crippen LogP contribution in [0.15, 0.2) is 24.3 Å². The SMILES string of the molecule is CCCC/C=C\CCCCCCCCC/C=C\CCCC(=O)O. The average molecular weight is 323 g/mol. The summed E-state index contributed by atoms with van der Waals surface area (Å²) in [5.41, 5.74) is 0. The second-order valence-corrected chi connectivity index (χ2v) is 6.42. The zero-order valence-electron chi connectivity index (χ0n) is 15.3. The van der Waals surface area contributed by atoms with Gasteiger partial charge in [-0.15, -0.1) is 0 Å². The van der Waals surface area contributed by atoms with E-state index in [-0.39, 0.29) is 0 Å². The van der Waals surface area contributed by atoms with Crippen molar-refractivity contribution in [2.75, 3.05) is 0 Å². The van der Waals surface area contributed by atoms with Gasteiger partial charge in [0, 0.05) is 6.42 Å².